The summed E-state index contributed by atoms with van der Waals surface area (Å²) in [6, 6.07) is -0.0627. The number of carbonyl (C=O) groups excluding carboxylic acids is 1. The second-order valence-electron chi connectivity index (χ2n) is 5.60. The van der Waals surface area contributed by atoms with Crippen molar-refractivity contribution in [3.8, 4) is 0 Å². The lowest BCUT2D eigenvalue weighted by molar-refractivity contribution is -0.125. The van der Waals surface area contributed by atoms with Crippen LogP contribution >= 0.6 is 12.4 Å². The van der Waals surface area contributed by atoms with Gasteiger partial charge >= 0.3 is 0 Å². The predicted octanol–water partition coefficient (Wildman–Crippen LogP) is 2.87. The van der Waals surface area contributed by atoms with Gasteiger partial charge in [-0.15, -0.1) is 12.4 Å². The molecule has 18 heavy (non-hydrogen) atoms. The van der Waals surface area contributed by atoms with E-state index in [2.05, 4.69) is 5.32 Å². The molecule has 1 fully saturated rings. The van der Waals surface area contributed by atoms with Crippen LogP contribution < -0.4 is 11.1 Å². The van der Waals surface area contributed by atoms with Crippen LogP contribution in [0.3, 0.4) is 0 Å². The lowest BCUT2D eigenvalue weighted by Gasteiger charge is -2.22. The highest BCUT2D eigenvalue weighted by molar-refractivity contribution is 5.85. The first-order chi connectivity index (χ1) is 8.11. The average molecular weight is 277 g/mol. The van der Waals surface area contributed by atoms with Crippen LogP contribution in [0.15, 0.2) is 0 Å². The Morgan fingerprint density at radius 3 is 2.17 bits per heavy atom. The van der Waals surface area contributed by atoms with Gasteiger partial charge in [0.05, 0.1) is 0 Å². The van der Waals surface area contributed by atoms with Crippen molar-refractivity contribution in [2.75, 3.05) is 6.54 Å². The third-order valence-electron chi connectivity index (χ3n) is 3.99. The number of carbonyl (C=O) groups is 1. The minimum atomic E-state index is -0.0800. The fourth-order valence-corrected chi connectivity index (χ4v) is 2.39. The number of halogens is 1. The van der Waals surface area contributed by atoms with E-state index < -0.39 is 0 Å². The van der Waals surface area contributed by atoms with Gasteiger partial charge in [-0.3, -0.25) is 4.79 Å². The summed E-state index contributed by atoms with van der Waals surface area (Å²) in [5.41, 5.74) is 5.73. The molecule has 108 valence electrons. The van der Waals surface area contributed by atoms with E-state index in [9.17, 15) is 4.79 Å². The molecule has 1 aliphatic carbocycles. The normalized spacial score (nSPS) is 21.1. The quantitative estimate of drug-likeness (QED) is 0.830. The van der Waals surface area contributed by atoms with Crippen LogP contribution in [0.5, 0.6) is 0 Å². The van der Waals surface area contributed by atoms with Gasteiger partial charge < -0.3 is 11.1 Å². The molecule has 3 nitrogen and oxygen atoms in total. The van der Waals surface area contributed by atoms with Crippen LogP contribution in [0.2, 0.25) is 0 Å². The fourth-order valence-electron chi connectivity index (χ4n) is 2.39. The van der Waals surface area contributed by atoms with Crippen molar-refractivity contribution >= 4 is 18.3 Å². The topological polar surface area (TPSA) is 55.1 Å². The zero-order valence-electron chi connectivity index (χ0n) is 11.8. The molecular formula is C14H29ClN2O. The molecule has 0 saturated heterocycles. The summed E-state index contributed by atoms with van der Waals surface area (Å²) in [5.74, 6) is 0.713. The average Bonchev–Trinajstić information content (AvgIpc) is 2.26. The van der Waals surface area contributed by atoms with E-state index in [1.54, 1.807) is 0 Å². The zero-order valence-corrected chi connectivity index (χ0v) is 12.6. The van der Waals surface area contributed by atoms with Gasteiger partial charge in [0, 0.05) is 18.5 Å². The number of hydrogen-bond donors (Lipinski definition) is 2. The van der Waals surface area contributed by atoms with Crippen LogP contribution in [-0.2, 0) is 4.79 Å². The van der Waals surface area contributed by atoms with Gasteiger partial charge in [0.2, 0.25) is 5.91 Å². The minimum absolute atomic E-state index is 0. The highest BCUT2D eigenvalue weighted by atomic mass is 35.5. The van der Waals surface area contributed by atoms with E-state index in [1.807, 2.05) is 13.8 Å². The van der Waals surface area contributed by atoms with Gasteiger partial charge in [0.1, 0.15) is 0 Å². The monoisotopic (exact) mass is 276 g/mol. The van der Waals surface area contributed by atoms with Crippen molar-refractivity contribution in [3.05, 3.63) is 0 Å². The van der Waals surface area contributed by atoms with Gasteiger partial charge in [-0.05, 0) is 25.7 Å². The van der Waals surface area contributed by atoms with Gasteiger partial charge in [0.15, 0.2) is 0 Å². The molecule has 2 unspecified atom stereocenters. The first-order valence-electron chi connectivity index (χ1n) is 7.14. The molecule has 4 heteroatoms. The highest BCUT2D eigenvalue weighted by Gasteiger charge is 2.18. The maximum Gasteiger partial charge on any atom is 0.224 e. The molecular weight excluding hydrogens is 248 g/mol. The number of nitrogens with two attached hydrogens (primary N) is 1. The fraction of sp³-hybridized carbons (Fsp3) is 0.929. The first kappa shape index (κ1) is 17.7. The molecule has 2 atom stereocenters. The lowest BCUT2D eigenvalue weighted by Crippen LogP contribution is -2.40. The van der Waals surface area contributed by atoms with Gasteiger partial charge in [-0.2, -0.15) is 0 Å². The van der Waals surface area contributed by atoms with Crippen molar-refractivity contribution in [3.63, 3.8) is 0 Å². The molecule has 1 rings (SSSR count). The van der Waals surface area contributed by atoms with Crippen molar-refractivity contribution in [2.45, 2.75) is 64.8 Å². The van der Waals surface area contributed by atoms with E-state index in [0.29, 0.717) is 5.92 Å². The van der Waals surface area contributed by atoms with Crippen LogP contribution in [0.25, 0.3) is 0 Å². The number of nitrogens with one attached hydrogen (secondary N) is 1. The second-order valence-corrected chi connectivity index (χ2v) is 5.60. The summed E-state index contributed by atoms with van der Waals surface area (Å²) in [7, 11) is 0. The highest BCUT2D eigenvalue weighted by Crippen LogP contribution is 2.21. The summed E-state index contributed by atoms with van der Waals surface area (Å²) in [6.45, 7) is 4.63. The zero-order chi connectivity index (χ0) is 12.7. The number of amides is 1. The van der Waals surface area contributed by atoms with E-state index in [-0.39, 0.29) is 30.3 Å². The Hall–Kier alpha value is -0.280. The summed E-state index contributed by atoms with van der Waals surface area (Å²) >= 11 is 0. The smallest absolute Gasteiger partial charge is 0.224 e. The molecule has 0 aromatic heterocycles. The summed E-state index contributed by atoms with van der Waals surface area (Å²) < 4.78 is 0. The molecule has 1 saturated carbocycles. The van der Waals surface area contributed by atoms with Gasteiger partial charge in [-0.1, -0.05) is 39.0 Å². The maximum atomic E-state index is 11.8. The van der Waals surface area contributed by atoms with Gasteiger partial charge in [-0.25, -0.2) is 0 Å². The Morgan fingerprint density at radius 2 is 1.67 bits per heavy atom. The summed E-state index contributed by atoms with van der Waals surface area (Å²) in [4.78, 5) is 11.8. The third-order valence-corrected chi connectivity index (χ3v) is 3.99. The summed E-state index contributed by atoms with van der Waals surface area (Å²) in [6.07, 6.45) is 9.30. The Kier molecular flexibility index (Phi) is 9.47. The number of hydrogen-bond acceptors (Lipinski definition) is 2. The SMILES string of the molecule is CC(N)C(C)C(=O)NCC1CCCCCCC1.Cl. The lowest BCUT2D eigenvalue weighted by atomic mass is 9.91. The standard InChI is InChI=1S/C14H28N2O.ClH/c1-11(12(2)15)14(17)16-10-13-8-6-4-3-5-7-9-13;/h11-13H,3-10,15H2,1-2H3,(H,16,17);1H. The van der Waals surface area contributed by atoms with Gasteiger partial charge in [0.25, 0.3) is 0 Å². The third kappa shape index (κ3) is 6.60. The maximum absolute atomic E-state index is 11.8. The molecule has 0 spiro atoms. The Morgan fingerprint density at radius 1 is 1.17 bits per heavy atom. The molecule has 0 aromatic rings. The van der Waals surface area contributed by atoms with Crippen LogP contribution in [0.4, 0.5) is 0 Å². The molecule has 0 bridgehead atoms. The van der Waals surface area contributed by atoms with E-state index in [0.717, 1.165) is 6.54 Å². The first-order valence-corrected chi connectivity index (χ1v) is 7.14. The Labute approximate surface area is 118 Å². The van der Waals surface area contributed by atoms with Crippen LogP contribution in [0.1, 0.15) is 58.8 Å². The van der Waals surface area contributed by atoms with E-state index >= 15 is 0 Å². The molecule has 1 amide bonds. The van der Waals surface area contributed by atoms with E-state index in [4.69, 9.17) is 5.73 Å². The van der Waals surface area contributed by atoms with Crippen molar-refractivity contribution < 1.29 is 4.79 Å². The van der Waals surface area contributed by atoms with Crippen molar-refractivity contribution in [2.24, 2.45) is 17.6 Å². The molecule has 0 aromatic carbocycles. The number of rotatable bonds is 4. The van der Waals surface area contributed by atoms with E-state index in [1.165, 1.54) is 44.9 Å². The summed E-state index contributed by atoms with van der Waals surface area (Å²) in [5, 5.41) is 3.06. The Bertz CT molecular complexity index is 226. The van der Waals surface area contributed by atoms with Crippen LogP contribution in [-0.4, -0.2) is 18.5 Å². The van der Waals surface area contributed by atoms with Crippen molar-refractivity contribution in [1.29, 1.82) is 0 Å². The molecule has 3 N–H and O–H groups in total. The molecule has 0 heterocycles. The molecule has 1 aliphatic rings. The predicted molar refractivity (Wildman–Crippen MR) is 78.9 cm³/mol. The van der Waals surface area contributed by atoms with Crippen molar-refractivity contribution in [1.82, 2.24) is 5.32 Å². The molecule has 0 radical (unpaired) electrons. The minimum Gasteiger partial charge on any atom is -0.356 e. The Balaban J connectivity index is 0.00000289. The van der Waals surface area contributed by atoms with Crippen LogP contribution in [0, 0.1) is 11.8 Å². The molecule has 0 aliphatic heterocycles. The second kappa shape index (κ2) is 9.62. The largest absolute Gasteiger partial charge is 0.356 e.